The molecule has 0 bridgehead atoms. The van der Waals surface area contributed by atoms with Crippen molar-refractivity contribution in [2.75, 3.05) is 13.2 Å². The Balaban J connectivity index is 2.18. The van der Waals surface area contributed by atoms with Crippen LogP contribution in [0.15, 0.2) is 24.3 Å². The highest BCUT2D eigenvalue weighted by atomic mass is 16.7. The summed E-state index contributed by atoms with van der Waals surface area (Å²) < 4.78 is 11.1. The van der Waals surface area contributed by atoms with E-state index in [9.17, 15) is 40.5 Å². The minimum atomic E-state index is -1.66. The largest absolute Gasteiger partial charge is 0.394 e. The molecular formula is C54H103NO10. The zero-order valence-electron chi connectivity index (χ0n) is 41.7. The Morgan fingerprint density at radius 3 is 1.37 bits per heavy atom. The molecule has 1 heterocycles. The van der Waals surface area contributed by atoms with Crippen molar-refractivity contribution >= 4 is 5.91 Å². The number of nitrogens with one attached hydrogen (secondary N) is 1. The predicted octanol–water partition coefficient (Wildman–Crippen LogP) is 10.6. The van der Waals surface area contributed by atoms with Crippen LogP contribution in [0.25, 0.3) is 0 Å². The Bertz CT molecular complexity index is 1110. The summed E-state index contributed by atoms with van der Waals surface area (Å²) in [5.74, 6) is -0.698. The van der Waals surface area contributed by atoms with E-state index in [1.807, 2.05) is 0 Å². The van der Waals surface area contributed by atoms with E-state index in [-0.39, 0.29) is 6.42 Å². The Labute approximate surface area is 397 Å². The van der Waals surface area contributed by atoms with Crippen LogP contribution in [-0.4, -0.2) is 110 Å². The van der Waals surface area contributed by atoms with Crippen molar-refractivity contribution in [3.63, 3.8) is 0 Å². The molecule has 1 amide bonds. The van der Waals surface area contributed by atoms with Crippen LogP contribution < -0.4 is 5.32 Å². The van der Waals surface area contributed by atoms with Crippen molar-refractivity contribution in [3.05, 3.63) is 24.3 Å². The second-order valence-electron chi connectivity index (χ2n) is 19.3. The first kappa shape index (κ1) is 61.6. The lowest BCUT2D eigenvalue weighted by Gasteiger charge is -2.40. The second-order valence-corrected chi connectivity index (χ2v) is 19.3. The lowest BCUT2D eigenvalue weighted by atomic mass is 9.98. The summed E-state index contributed by atoms with van der Waals surface area (Å²) in [6.45, 7) is 3.41. The predicted molar refractivity (Wildman–Crippen MR) is 266 cm³/mol. The van der Waals surface area contributed by atoms with Crippen molar-refractivity contribution in [3.8, 4) is 0 Å². The van der Waals surface area contributed by atoms with Gasteiger partial charge in [-0.3, -0.25) is 4.79 Å². The van der Waals surface area contributed by atoms with E-state index < -0.39 is 74.2 Å². The molecule has 0 aromatic carbocycles. The molecular weight excluding hydrogens is 823 g/mol. The van der Waals surface area contributed by atoms with E-state index in [1.54, 1.807) is 0 Å². The average Bonchev–Trinajstić information content (AvgIpc) is 3.31. The third kappa shape index (κ3) is 32.9. The molecule has 1 fully saturated rings. The third-order valence-electron chi connectivity index (χ3n) is 13.3. The number of rotatable bonds is 46. The van der Waals surface area contributed by atoms with E-state index in [2.05, 4.69) is 43.5 Å². The van der Waals surface area contributed by atoms with Gasteiger partial charge < -0.3 is 50.5 Å². The second kappa shape index (κ2) is 43.8. The maximum atomic E-state index is 13.1. The van der Waals surface area contributed by atoms with Crippen LogP contribution in [0.5, 0.6) is 0 Å². The van der Waals surface area contributed by atoms with Gasteiger partial charge >= 0.3 is 0 Å². The van der Waals surface area contributed by atoms with Crippen molar-refractivity contribution in [2.45, 2.75) is 300 Å². The van der Waals surface area contributed by atoms with Crippen LogP contribution in [0, 0.1) is 0 Å². The van der Waals surface area contributed by atoms with Crippen molar-refractivity contribution < 1.29 is 50.0 Å². The van der Waals surface area contributed by atoms with Crippen LogP contribution in [0.2, 0.25) is 0 Å². The van der Waals surface area contributed by atoms with E-state index in [4.69, 9.17) is 9.47 Å². The molecule has 1 saturated heterocycles. The van der Waals surface area contributed by atoms with Crippen LogP contribution in [0.1, 0.15) is 245 Å². The van der Waals surface area contributed by atoms with Crippen molar-refractivity contribution in [1.82, 2.24) is 5.32 Å². The highest BCUT2D eigenvalue weighted by Crippen LogP contribution is 2.23. The van der Waals surface area contributed by atoms with Gasteiger partial charge in [0.25, 0.3) is 0 Å². The smallest absolute Gasteiger partial charge is 0.249 e. The summed E-state index contributed by atoms with van der Waals surface area (Å²) in [5, 5.41) is 75.6. The van der Waals surface area contributed by atoms with Gasteiger partial charge in [-0.2, -0.15) is 0 Å². The molecule has 384 valence electrons. The minimum absolute atomic E-state index is 0.261. The van der Waals surface area contributed by atoms with Gasteiger partial charge in [-0.05, 0) is 44.9 Å². The third-order valence-corrected chi connectivity index (χ3v) is 13.3. The first-order chi connectivity index (χ1) is 31.7. The molecule has 0 aliphatic carbocycles. The fraction of sp³-hybridized carbons (Fsp3) is 0.907. The van der Waals surface area contributed by atoms with E-state index >= 15 is 0 Å². The van der Waals surface area contributed by atoms with Gasteiger partial charge in [0.1, 0.15) is 36.6 Å². The number of carbonyl (C=O) groups excluding carboxylic acids is 1. The zero-order valence-corrected chi connectivity index (χ0v) is 41.7. The summed E-state index contributed by atoms with van der Waals surface area (Å²) in [5.41, 5.74) is 0. The molecule has 11 nitrogen and oxygen atoms in total. The standard InChI is InChI=1S/C54H103NO10/c1-3-5-7-9-11-13-14-15-16-17-18-19-20-21-22-23-24-25-26-27-28-29-30-31-32-33-34-36-38-40-42-47(58)53(63)55-45(44-64-54-52(62)51(61)50(60)48(43-56)65-54)49(59)46(57)41-39-37-35-12-10-8-6-4-2/h18-19,21-22,45-52,54,56-62H,3-17,20,23-44H2,1-2H3,(H,55,63)/b19-18-,22-21-. The first-order valence-electron chi connectivity index (χ1n) is 27.2. The molecule has 1 aliphatic rings. The highest BCUT2D eigenvalue weighted by molar-refractivity contribution is 5.80. The Morgan fingerprint density at radius 2 is 0.938 bits per heavy atom. The highest BCUT2D eigenvalue weighted by Gasteiger charge is 2.44. The Hall–Kier alpha value is -1.41. The zero-order chi connectivity index (χ0) is 47.6. The van der Waals surface area contributed by atoms with Crippen LogP contribution in [0.4, 0.5) is 0 Å². The van der Waals surface area contributed by atoms with Crippen LogP contribution in [0.3, 0.4) is 0 Å². The van der Waals surface area contributed by atoms with E-state index in [0.29, 0.717) is 19.3 Å². The normalized spacial score (nSPS) is 21.0. The Kier molecular flexibility index (Phi) is 41.6. The lowest BCUT2D eigenvalue weighted by Crippen LogP contribution is -2.60. The van der Waals surface area contributed by atoms with Crippen LogP contribution in [-0.2, 0) is 14.3 Å². The summed E-state index contributed by atoms with van der Waals surface area (Å²) in [7, 11) is 0. The molecule has 0 aromatic heterocycles. The molecule has 1 aliphatic heterocycles. The SMILES string of the molecule is CCCCCCCCCCC/C=C\C/C=C\CCCCCCCCCCCCCCCCC(O)C(=O)NC(COC1OC(CO)C(O)C(O)C1O)C(O)C(O)CCCCCCCCCC. The summed E-state index contributed by atoms with van der Waals surface area (Å²) >= 11 is 0. The molecule has 11 heteroatoms. The lowest BCUT2D eigenvalue weighted by molar-refractivity contribution is -0.303. The molecule has 0 spiro atoms. The van der Waals surface area contributed by atoms with E-state index in [1.165, 1.54) is 161 Å². The fourth-order valence-electron chi connectivity index (χ4n) is 8.77. The molecule has 0 radical (unpaired) electrons. The number of aliphatic hydroxyl groups excluding tert-OH is 7. The molecule has 9 atom stereocenters. The van der Waals surface area contributed by atoms with Gasteiger partial charge in [-0.1, -0.05) is 224 Å². The summed E-state index contributed by atoms with van der Waals surface area (Å²) in [6.07, 6.45) is 39.9. The molecule has 8 N–H and O–H groups in total. The summed E-state index contributed by atoms with van der Waals surface area (Å²) in [6, 6.07) is -1.16. The van der Waals surface area contributed by atoms with Gasteiger partial charge in [0.15, 0.2) is 6.29 Å². The average molecular weight is 926 g/mol. The maximum absolute atomic E-state index is 13.1. The monoisotopic (exact) mass is 926 g/mol. The molecule has 9 unspecified atom stereocenters. The molecule has 1 rings (SSSR count). The van der Waals surface area contributed by atoms with Crippen molar-refractivity contribution in [1.29, 1.82) is 0 Å². The summed E-state index contributed by atoms with van der Waals surface area (Å²) in [4.78, 5) is 13.1. The van der Waals surface area contributed by atoms with E-state index in [0.717, 1.165) is 44.9 Å². The topological polar surface area (TPSA) is 189 Å². The first-order valence-corrected chi connectivity index (χ1v) is 27.2. The van der Waals surface area contributed by atoms with Gasteiger partial charge in [0, 0.05) is 0 Å². The maximum Gasteiger partial charge on any atom is 0.249 e. The van der Waals surface area contributed by atoms with Gasteiger partial charge in [0.2, 0.25) is 5.91 Å². The Morgan fingerprint density at radius 1 is 0.538 bits per heavy atom. The fourth-order valence-corrected chi connectivity index (χ4v) is 8.77. The number of amides is 1. The number of carbonyl (C=O) groups is 1. The minimum Gasteiger partial charge on any atom is -0.394 e. The molecule has 0 aromatic rings. The molecule has 0 saturated carbocycles. The van der Waals surface area contributed by atoms with Gasteiger partial charge in [-0.15, -0.1) is 0 Å². The van der Waals surface area contributed by atoms with Crippen molar-refractivity contribution in [2.24, 2.45) is 0 Å². The molecule has 65 heavy (non-hydrogen) atoms. The quantitative estimate of drug-likeness (QED) is 0.0216. The number of hydrogen-bond acceptors (Lipinski definition) is 10. The number of ether oxygens (including phenoxy) is 2. The van der Waals surface area contributed by atoms with Gasteiger partial charge in [-0.25, -0.2) is 0 Å². The number of hydrogen-bond donors (Lipinski definition) is 8. The number of aliphatic hydroxyl groups is 7. The van der Waals surface area contributed by atoms with Crippen LogP contribution >= 0.6 is 0 Å². The number of allylic oxidation sites excluding steroid dienone is 4. The number of unbranched alkanes of at least 4 members (excludes halogenated alkanes) is 30. The van der Waals surface area contributed by atoms with Gasteiger partial charge in [0.05, 0.1) is 25.4 Å².